The van der Waals surface area contributed by atoms with Gasteiger partial charge < -0.3 is 25.2 Å². The SMILES string of the molecule is CC1(C)[C@@]2(O)[C@@](O)(Cc3ccccc3)[C@@H](C(O)Cc3ccccc3)O[C@@]12O. The molecule has 1 saturated carbocycles. The van der Waals surface area contributed by atoms with Crippen molar-refractivity contribution in [2.75, 3.05) is 0 Å². The maximum atomic E-state index is 11.6. The summed E-state index contributed by atoms with van der Waals surface area (Å²) in [6, 6.07) is 18.6. The van der Waals surface area contributed by atoms with Crippen molar-refractivity contribution in [3.05, 3.63) is 71.8 Å². The number of ether oxygens (including phenoxy) is 1. The van der Waals surface area contributed by atoms with Gasteiger partial charge in [0.2, 0.25) is 5.79 Å². The van der Waals surface area contributed by atoms with Crippen LogP contribution in [0.15, 0.2) is 60.7 Å². The molecule has 0 spiro atoms. The van der Waals surface area contributed by atoms with E-state index in [0.717, 1.165) is 11.1 Å². The molecule has 2 fully saturated rings. The Balaban J connectivity index is 1.68. The molecule has 2 aromatic carbocycles. The summed E-state index contributed by atoms with van der Waals surface area (Å²) in [5.74, 6) is -1.90. The molecule has 1 saturated heterocycles. The molecule has 27 heavy (non-hydrogen) atoms. The van der Waals surface area contributed by atoms with Crippen molar-refractivity contribution in [3.8, 4) is 0 Å². The smallest absolute Gasteiger partial charge is 0.207 e. The number of benzene rings is 2. The molecule has 0 amide bonds. The summed E-state index contributed by atoms with van der Waals surface area (Å²) >= 11 is 0. The van der Waals surface area contributed by atoms with Crippen LogP contribution in [0.5, 0.6) is 0 Å². The van der Waals surface area contributed by atoms with E-state index in [-0.39, 0.29) is 12.8 Å². The fraction of sp³-hybridized carbons (Fsp3) is 0.455. The summed E-state index contributed by atoms with van der Waals surface area (Å²) < 4.78 is 5.77. The van der Waals surface area contributed by atoms with Crippen LogP contribution in [-0.4, -0.2) is 49.6 Å². The normalized spacial score (nSPS) is 37.6. The van der Waals surface area contributed by atoms with Gasteiger partial charge in [0, 0.05) is 12.8 Å². The van der Waals surface area contributed by atoms with Gasteiger partial charge in [0.1, 0.15) is 11.7 Å². The van der Waals surface area contributed by atoms with Crippen LogP contribution in [0, 0.1) is 5.41 Å². The van der Waals surface area contributed by atoms with E-state index in [1.54, 1.807) is 13.8 Å². The number of hydrogen-bond acceptors (Lipinski definition) is 5. The predicted molar refractivity (Wildman–Crippen MR) is 99.8 cm³/mol. The van der Waals surface area contributed by atoms with Crippen molar-refractivity contribution in [2.45, 2.75) is 55.9 Å². The fourth-order valence-electron chi connectivity index (χ4n) is 4.84. The molecule has 1 aliphatic heterocycles. The van der Waals surface area contributed by atoms with Gasteiger partial charge in [-0.2, -0.15) is 0 Å². The standard InChI is InChI=1S/C22H26O5/c1-19(2)21(25)20(24,14-16-11-7-4-8-12-16)18(27-22(19,21)26)17(23)13-15-9-5-3-6-10-15/h3-12,17-18,23-26H,13-14H2,1-2H3/t17?,18-,20-,21-,22+/m1/s1. The van der Waals surface area contributed by atoms with Gasteiger partial charge in [-0.25, -0.2) is 0 Å². The molecule has 1 aliphatic carbocycles. The van der Waals surface area contributed by atoms with Crippen LogP contribution < -0.4 is 0 Å². The van der Waals surface area contributed by atoms with E-state index in [4.69, 9.17) is 4.74 Å². The van der Waals surface area contributed by atoms with Crippen LogP contribution in [0.3, 0.4) is 0 Å². The average Bonchev–Trinajstić information content (AvgIpc) is 2.89. The molecule has 2 aliphatic rings. The summed E-state index contributed by atoms with van der Waals surface area (Å²) in [6.07, 6.45) is -1.90. The molecule has 5 nitrogen and oxygen atoms in total. The summed E-state index contributed by atoms with van der Waals surface area (Å²) in [7, 11) is 0. The lowest BCUT2D eigenvalue weighted by atomic mass is 9.76. The Morgan fingerprint density at radius 2 is 1.41 bits per heavy atom. The third-order valence-corrected chi connectivity index (χ3v) is 6.53. The number of hydrogen-bond donors (Lipinski definition) is 4. The zero-order valence-electron chi connectivity index (χ0n) is 15.5. The summed E-state index contributed by atoms with van der Waals surface area (Å²) in [4.78, 5) is 0. The zero-order chi connectivity index (χ0) is 19.5. The minimum absolute atomic E-state index is 0.0621. The molecule has 0 radical (unpaired) electrons. The van der Waals surface area contributed by atoms with Gasteiger partial charge in [-0.3, -0.25) is 0 Å². The predicted octanol–water partition coefficient (Wildman–Crippen LogP) is 1.42. The van der Waals surface area contributed by atoms with Crippen molar-refractivity contribution < 1.29 is 25.2 Å². The molecule has 144 valence electrons. The molecule has 2 aromatic rings. The number of aliphatic hydroxyl groups is 4. The molecule has 5 heteroatoms. The van der Waals surface area contributed by atoms with Gasteiger partial charge in [0.25, 0.3) is 0 Å². The van der Waals surface area contributed by atoms with Crippen molar-refractivity contribution >= 4 is 0 Å². The Kier molecular flexibility index (Phi) is 4.04. The van der Waals surface area contributed by atoms with E-state index < -0.39 is 34.6 Å². The molecule has 1 heterocycles. The number of fused-ring (bicyclic) bond motifs is 1. The second kappa shape index (κ2) is 5.87. The molecular formula is C22H26O5. The van der Waals surface area contributed by atoms with E-state index in [0.29, 0.717) is 0 Å². The quantitative estimate of drug-likeness (QED) is 0.639. The van der Waals surface area contributed by atoms with Crippen molar-refractivity contribution in [1.82, 2.24) is 0 Å². The minimum atomic E-state index is -1.90. The lowest BCUT2D eigenvalue weighted by Crippen LogP contribution is -2.59. The van der Waals surface area contributed by atoms with Gasteiger partial charge >= 0.3 is 0 Å². The first-order valence-electron chi connectivity index (χ1n) is 9.28. The maximum Gasteiger partial charge on any atom is 0.207 e. The molecule has 0 aromatic heterocycles. The first-order chi connectivity index (χ1) is 12.7. The van der Waals surface area contributed by atoms with E-state index >= 15 is 0 Å². The largest absolute Gasteiger partial charge is 0.390 e. The number of rotatable bonds is 5. The van der Waals surface area contributed by atoms with Crippen LogP contribution in [0.1, 0.15) is 25.0 Å². The molecule has 0 bridgehead atoms. The first-order valence-corrected chi connectivity index (χ1v) is 9.28. The van der Waals surface area contributed by atoms with Gasteiger partial charge in [-0.1, -0.05) is 74.5 Å². The lowest BCUT2D eigenvalue weighted by molar-refractivity contribution is -0.211. The summed E-state index contributed by atoms with van der Waals surface area (Å²) in [6.45, 7) is 3.31. The van der Waals surface area contributed by atoms with Gasteiger partial charge in [-0.05, 0) is 11.1 Å². The molecule has 1 unspecified atom stereocenters. The molecule has 5 atom stereocenters. The van der Waals surface area contributed by atoms with Crippen LogP contribution in [-0.2, 0) is 17.6 Å². The Hall–Kier alpha value is -1.76. The van der Waals surface area contributed by atoms with E-state index in [2.05, 4.69) is 0 Å². The van der Waals surface area contributed by atoms with Gasteiger partial charge in [-0.15, -0.1) is 0 Å². The maximum absolute atomic E-state index is 11.6. The van der Waals surface area contributed by atoms with Crippen LogP contribution >= 0.6 is 0 Å². The minimum Gasteiger partial charge on any atom is -0.390 e. The Morgan fingerprint density at radius 1 is 0.889 bits per heavy atom. The molecule has 4 N–H and O–H groups in total. The highest BCUT2D eigenvalue weighted by atomic mass is 16.7. The second-order valence-electron chi connectivity index (χ2n) is 8.36. The highest BCUT2D eigenvalue weighted by Gasteiger charge is 2.96. The van der Waals surface area contributed by atoms with Gasteiger partial charge in [0.15, 0.2) is 5.60 Å². The summed E-state index contributed by atoms with van der Waals surface area (Å²) in [5.41, 5.74) is -3.08. The van der Waals surface area contributed by atoms with Crippen LogP contribution in [0.4, 0.5) is 0 Å². The van der Waals surface area contributed by atoms with E-state index in [1.165, 1.54) is 0 Å². The Bertz CT molecular complexity index is 823. The second-order valence-corrected chi connectivity index (χ2v) is 8.36. The third kappa shape index (κ3) is 2.30. The highest BCUT2D eigenvalue weighted by molar-refractivity contribution is 5.42. The monoisotopic (exact) mass is 370 g/mol. The number of aliphatic hydroxyl groups excluding tert-OH is 1. The van der Waals surface area contributed by atoms with E-state index in [9.17, 15) is 20.4 Å². The van der Waals surface area contributed by atoms with Crippen molar-refractivity contribution in [1.29, 1.82) is 0 Å². The summed E-state index contributed by atoms with van der Waals surface area (Å²) in [5, 5.41) is 44.7. The van der Waals surface area contributed by atoms with Crippen molar-refractivity contribution in [3.63, 3.8) is 0 Å². The Labute approximate surface area is 158 Å². The molecular weight excluding hydrogens is 344 g/mol. The lowest BCUT2D eigenvalue weighted by Gasteiger charge is -2.39. The van der Waals surface area contributed by atoms with Crippen LogP contribution in [0.25, 0.3) is 0 Å². The van der Waals surface area contributed by atoms with Gasteiger partial charge in [0.05, 0.1) is 11.5 Å². The zero-order valence-corrected chi connectivity index (χ0v) is 15.5. The molecule has 4 rings (SSSR count). The topological polar surface area (TPSA) is 90.2 Å². The average molecular weight is 370 g/mol. The van der Waals surface area contributed by atoms with Crippen molar-refractivity contribution in [2.24, 2.45) is 5.41 Å². The van der Waals surface area contributed by atoms with E-state index in [1.807, 2.05) is 60.7 Å². The third-order valence-electron chi connectivity index (χ3n) is 6.53. The fourth-order valence-corrected chi connectivity index (χ4v) is 4.84. The van der Waals surface area contributed by atoms with Crippen LogP contribution in [0.2, 0.25) is 0 Å². The Morgan fingerprint density at radius 3 is 1.96 bits per heavy atom. The first kappa shape index (κ1) is 18.6. The highest BCUT2D eigenvalue weighted by Crippen LogP contribution is 2.75.